The van der Waals surface area contributed by atoms with E-state index in [4.69, 9.17) is 4.74 Å². The Hall–Kier alpha value is -2.06. The first-order chi connectivity index (χ1) is 15.5. The summed E-state index contributed by atoms with van der Waals surface area (Å²) in [7, 11) is -4.18. The summed E-state index contributed by atoms with van der Waals surface area (Å²) in [5, 5.41) is 2.44. The molecule has 0 spiro atoms. The highest BCUT2D eigenvalue weighted by Crippen LogP contribution is 2.36. The Morgan fingerprint density at radius 3 is 2.36 bits per heavy atom. The Morgan fingerprint density at radius 1 is 1.12 bits per heavy atom. The average molecular weight is 597 g/mol. The number of carbonyl (C=O) groups excluding carboxylic acids is 1. The van der Waals surface area contributed by atoms with Crippen molar-refractivity contribution < 1.29 is 31.1 Å². The van der Waals surface area contributed by atoms with E-state index < -0.39 is 38.8 Å². The maximum atomic E-state index is 14.6. The molecule has 1 fully saturated rings. The van der Waals surface area contributed by atoms with Crippen LogP contribution >= 0.6 is 22.6 Å². The fourth-order valence-corrected chi connectivity index (χ4v) is 5.11. The number of halogens is 4. The minimum atomic E-state index is -4.18. The summed E-state index contributed by atoms with van der Waals surface area (Å²) in [5.74, 6) is -3.69. The first kappa shape index (κ1) is 25.6. The monoisotopic (exact) mass is 597 g/mol. The van der Waals surface area contributed by atoms with Gasteiger partial charge >= 0.3 is 16.2 Å². The number of rotatable bonds is 7. The lowest BCUT2D eigenvalue weighted by Gasteiger charge is -2.36. The predicted octanol–water partition coefficient (Wildman–Crippen LogP) is 4.77. The van der Waals surface area contributed by atoms with Gasteiger partial charge in [-0.05, 0) is 79.6 Å². The van der Waals surface area contributed by atoms with Crippen molar-refractivity contribution >= 4 is 55.8 Å². The number of esters is 1. The van der Waals surface area contributed by atoms with Crippen molar-refractivity contribution in [3.05, 3.63) is 51.4 Å². The van der Waals surface area contributed by atoms with Crippen LogP contribution in [-0.2, 0) is 19.7 Å². The molecule has 0 atom stereocenters. The van der Waals surface area contributed by atoms with Crippen LogP contribution in [0.1, 0.15) is 26.7 Å². The lowest BCUT2D eigenvalue weighted by Crippen LogP contribution is -2.47. The van der Waals surface area contributed by atoms with Gasteiger partial charge in [0.2, 0.25) is 0 Å². The summed E-state index contributed by atoms with van der Waals surface area (Å²) in [6, 6.07) is 5.91. The van der Waals surface area contributed by atoms with Gasteiger partial charge in [0.05, 0.1) is 23.4 Å². The molecule has 2 aromatic rings. The van der Waals surface area contributed by atoms with Gasteiger partial charge in [-0.3, -0.25) is 9.52 Å². The highest BCUT2D eigenvalue weighted by atomic mass is 127. The van der Waals surface area contributed by atoms with Crippen LogP contribution in [0.5, 0.6) is 0 Å². The standard InChI is InChI=1S/C21H23F3IN3O4S/c1-3-32-20(29)21(2)8-10-28(11-9-21)33(30,31)27-17-7-5-14(22)18(24)19(17)26-16-6-4-13(25)12-15(16)23/h4-7,12,26-27H,3,8-11H2,1-2H3. The minimum Gasteiger partial charge on any atom is -0.466 e. The fraction of sp³-hybridized carbons (Fsp3) is 0.381. The molecule has 0 unspecified atom stereocenters. The van der Waals surface area contributed by atoms with Crippen molar-refractivity contribution in [2.24, 2.45) is 5.41 Å². The SMILES string of the molecule is CCOC(=O)C1(C)CCN(S(=O)(=O)Nc2ccc(F)c(F)c2Nc2ccc(I)cc2F)CC1. The summed E-state index contributed by atoms with van der Waals surface area (Å²) in [4.78, 5) is 12.2. The predicted molar refractivity (Wildman–Crippen MR) is 127 cm³/mol. The van der Waals surface area contributed by atoms with Crippen LogP contribution in [0.15, 0.2) is 30.3 Å². The molecule has 0 bridgehead atoms. The van der Waals surface area contributed by atoms with E-state index >= 15 is 0 Å². The molecule has 1 aliphatic heterocycles. The number of hydrogen-bond donors (Lipinski definition) is 2. The second kappa shape index (κ2) is 10.1. The van der Waals surface area contributed by atoms with Crippen LogP contribution in [0.25, 0.3) is 0 Å². The molecule has 12 heteroatoms. The van der Waals surface area contributed by atoms with Gasteiger partial charge in [0.1, 0.15) is 11.5 Å². The molecule has 3 rings (SSSR count). The lowest BCUT2D eigenvalue weighted by molar-refractivity contribution is -0.156. The maximum Gasteiger partial charge on any atom is 0.311 e. The van der Waals surface area contributed by atoms with E-state index in [-0.39, 0.29) is 49.9 Å². The topological polar surface area (TPSA) is 87.7 Å². The van der Waals surface area contributed by atoms with Gasteiger partial charge in [-0.2, -0.15) is 12.7 Å². The Balaban J connectivity index is 1.83. The largest absolute Gasteiger partial charge is 0.466 e. The van der Waals surface area contributed by atoms with Gasteiger partial charge in [-0.25, -0.2) is 13.2 Å². The first-order valence-corrected chi connectivity index (χ1v) is 12.6. The van der Waals surface area contributed by atoms with E-state index in [2.05, 4.69) is 10.0 Å². The van der Waals surface area contributed by atoms with E-state index in [9.17, 15) is 26.4 Å². The number of carbonyl (C=O) groups is 1. The molecule has 1 aliphatic rings. The number of nitrogens with zero attached hydrogens (tertiary/aromatic N) is 1. The highest BCUT2D eigenvalue weighted by molar-refractivity contribution is 14.1. The average Bonchev–Trinajstić information content (AvgIpc) is 2.75. The molecule has 0 aromatic heterocycles. The number of hydrogen-bond acceptors (Lipinski definition) is 5. The second-order valence-corrected chi connectivity index (χ2v) is 10.7. The molecule has 180 valence electrons. The normalized spacial score (nSPS) is 16.3. The molecule has 2 N–H and O–H groups in total. The molecule has 0 saturated carbocycles. The van der Waals surface area contributed by atoms with Gasteiger partial charge in [-0.1, -0.05) is 0 Å². The highest BCUT2D eigenvalue weighted by Gasteiger charge is 2.41. The number of piperidine rings is 1. The molecular formula is C21H23F3IN3O4S. The second-order valence-electron chi connectivity index (χ2n) is 7.82. The van der Waals surface area contributed by atoms with Crippen molar-refractivity contribution in [2.75, 3.05) is 29.7 Å². The number of benzene rings is 2. The zero-order valence-electron chi connectivity index (χ0n) is 17.9. The van der Waals surface area contributed by atoms with Crippen LogP contribution in [0.3, 0.4) is 0 Å². The van der Waals surface area contributed by atoms with E-state index in [0.29, 0.717) is 3.57 Å². The van der Waals surface area contributed by atoms with Gasteiger partial charge in [0.25, 0.3) is 0 Å². The molecule has 2 aromatic carbocycles. The van der Waals surface area contributed by atoms with Crippen molar-refractivity contribution in [1.82, 2.24) is 4.31 Å². The quantitative estimate of drug-likeness (QED) is 0.355. The third-order valence-corrected chi connectivity index (χ3v) is 7.65. The molecule has 0 radical (unpaired) electrons. The van der Waals surface area contributed by atoms with Gasteiger partial charge < -0.3 is 10.1 Å². The molecule has 7 nitrogen and oxygen atoms in total. The zero-order valence-corrected chi connectivity index (χ0v) is 20.9. The van der Waals surface area contributed by atoms with Crippen molar-refractivity contribution in [2.45, 2.75) is 26.7 Å². The van der Waals surface area contributed by atoms with Gasteiger partial charge in [-0.15, -0.1) is 0 Å². The number of ether oxygens (including phenoxy) is 1. The van der Waals surface area contributed by atoms with Crippen molar-refractivity contribution in [3.8, 4) is 0 Å². The molecule has 1 heterocycles. The summed E-state index contributed by atoms with van der Waals surface area (Å²) in [5.41, 5.74) is -1.79. The van der Waals surface area contributed by atoms with E-state index in [0.717, 1.165) is 16.4 Å². The maximum absolute atomic E-state index is 14.6. The molecule has 33 heavy (non-hydrogen) atoms. The molecule has 0 amide bonds. The Bertz CT molecular complexity index is 1160. The molecular weight excluding hydrogens is 574 g/mol. The van der Waals surface area contributed by atoms with E-state index in [1.165, 1.54) is 12.1 Å². The van der Waals surface area contributed by atoms with E-state index in [1.54, 1.807) is 19.9 Å². The van der Waals surface area contributed by atoms with Crippen LogP contribution in [-0.4, -0.2) is 38.4 Å². The zero-order chi connectivity index (χ0) is 24.4. The number of nitrogens with one attached hydrogen (secondary N) is 2. The molecule has 0 aliphatic carbocycles. The smallest absolute Gasteiger partial charge is 0.311 e. The summed E-state index contributed by atoms with van der Waals surface area (Å²) in [6.45, 7) is 3.70. The third kappa shape index (κ3) is 5.72. The Kier molecular flexibility index (Phi) is 7.79. The van der Waals surface area contributed by atoms with Crippen LogP contribution < -0.4 is 10.0 Å². The third-order valence-electron chi connectivity index (χ3n) is 5.46. The molecule has 1 saturated heterocycles. The fourth-order valence-electron chi connectivity index (χ4n) is 3.42. The van der Waals surface area contributed by atoms with Gasteiger partial charge in [0.15, 0.2) is 11.6 Å². The number of anilines is 3. The summed E-state index contributed by atoms with van der Waals surface area (Å²) >= 11 is 1.90. The van der Waals surface area contributed by atoms with Gasteiger partial charge in [0, 0.05) is 16.7 Å². The van der Waals surface area contributed by atoms with Crippen LogP contribution in [0, 0.1) is 26.4 Å². The Labute approximate surface area is 204 Å². The first-order valence-electron chi connectivity index (χ1n) is 10.1. The minimum absolute atomic E-state index is 0.0306. The Morgan fingerprint density at radius 2 is 1.76 bits per heavy atom. The summed E-state index contributed by atoms with van der Waals surface area (Å²) in [6.07, 6.45) is 0.479. The van der Waals surface area contributed by atoms with Crippen molar-refractivity contribution in [1.29, 1.82) is 0 Å². The van der Waals surface area contributed by atoms with Crippen LogP contribution in [0.4, 0.5) is 30.2 Å². The van der Waals surface area contributed by atoms with E-state index in [1.807, 2.05) is 22.6 Å². The van der Waals surface area contributed by atoms with Crippen LogP contribution in [0.2, 0.25) is 0 Å². The lowest BCUT2D eigenvalue weighted by atomic mass is 9.81. The summed E-state index contributed by atoms with van der Waals surface area (Å²) < 4.78 is 77.7. The van der Waals surface area contributed by atoms with Crippen molar-refractivity contribution in [3.63, 3.8) is 0 Å².